The van der Waals surface area contributed by atoms with Crippen LogP contribution in [0.2, 0.25) is 0 Å². The van der Waals surface area contributed by atoms with E-state index in [1.165, 1.54) is 0 Å². The van der Waals surface area contributed by atoms with Crippen molar-refractivity contribution in [1.29, 1.82) is 0 Å². The molecule has 3 N–H and O–H groups in total. The van der Waals surface area contributed by atoms with Gasteiger partial charge in [0.15, 0.2) is 5.69 Å². The lowest BCUT2D eigenvalue weighted by Gasteiger charge is -2.19. The average Bonchev–Trinajstić information content (AvgIpc) is 2.66. The van der Waals surface area contributed by atoms with Gasteiger partial charge in [0, 0.05) is 13.1 Å². The molecule has 5 heteroatoms. The molecule has 17 heavy (non-hydrogen) atoms. The molecule has 0 radical (unpaired) electrons. The summed E-state index contributed by atoms with van der Waals surface area (Å²) >= 11 is 0. The summed E-state index contributed by atoms with van der Waals surface area (Å²) in [6.45, 7) is 10.7. The summed E-state index contributed by atoms with van der Waals surface area (Å²) in [6, 6.07) is 0. The normalized spacial score (nSPS) is 10.3. The van der Waals surface area contributed by atoms with E-state index in [2.05, 4.69) is 16.8 Å². The van der Waals surface area contributed by atoms with Gasteiger partial charge in [0.25, 0.3) is 5.91 Å². The van der Waals surface area contributed by atoms with Crippen molar-refractivity contribution in [3.63, 3.8) is 0 Å². The molecule has 0 saturated heterocycles. The van der Waals surface area contributed by atoms with Crippen LogP contribution in [0.3, 0.4) is 0 Å². The number of likely N-dealkylation sites (N-methyl/N-ethyl adjacent to an activating group) is 1. The van der Waals surface area contributed by atoms with Crippen LogP contribution in [0.15, 0.2) is 12.2 Å². The molecular weight excluding hydrogens is 216 g/mol. The summed E-state index contributed by atoms with van der Waals surface area (Å²) in [7, 11) is 0. The Morgan fingerprint density at radius 1 is 1.53 bits per heavy atom. The van der Waals surface area contributed by atoms with Crippen molar-refractivity contribution in [1.82, 2.24) is 15.1 Å². The minimum atomic E-state index is -0.149. The topological polar surface area (TPSA) is 75.0 Å². The molecule has 0 fully saturated rings. The maximum Gasteiger partial charge on any atom is 0.276 e. The van der Waals surface area contributed by atoms with Crippen LogP contribution in [0.4, 0.5) is 5.69 Å². The Hall–Kier alpha value is -1.78. The van der Waals surface area contributed by atoms with Crippen molar-refractivity contribution < 1.29 is 4.79 Å². The van der Waals surface area contributed by atoms with Gasteiger partial charge in [-0.1, -0.05) is 19.1 Å². The molecule has 1 aromatic heterocycles. The Labute approximate surface area is 102 Å². The molecule has 94 valence electrons. The van der Waals surface area contributed by atoms with Gasteiger partial charge in [-0.3, -0.25) is 9.89 Å². The van der Waals surface area contributed by atoms with E-state index in [0.29, 0.717) is 24.5 Å². The molecular formula is C12H20N4O. The fraction of sp³-hybridized carbons (Fsp3) is 0.500. The third-order valence-electron chi connectivity index (χ3n) is 2.57. The molecule has 5 nitrogen and oxygen atoms in total. The minimum absolute atomic E-state index is 0.149. The zero-order valence-corrected chi connectivity index (χ0v) is 10.7. The van der Waals surface area contributed by atoms with Gasteiger partial charge < -0.3 is 10.6 Å². The summed E-state index contributed by atoms with van der Waals surface area (Å²) in [5.74, 6) is -0.149. The smallest absolute Gasteiger partial charge is 0.276 e. The van der Waals surface area contributed by atoms with Crippen molar-refractivity contribution in [3.8, 4) is 0 Å². The highest BCUT2D eigenvalue weighted by Gasteiger charge is 2.21. The Kier molecular flexibility index (Phi) is 4.31. The highest BCUT2D eigenvalue weighted by atomic mass is 16.2. The van der Waals surface area contributed by atoms with Crippen LogP contribution < -0.4 is 5.73 Å². The molecule has 1 rings (SSSR count). The van der Waals surface area contributed by atoms with E-state index in [1.807, 2.05) is 20.8 Å². The zero-order valence-electron chi connectivity index (χ0n) is 10.7. The van der Waals surface area contributed by atoms with Crippen molar-refractivity contribution in [2.75, 3.05) is 18.8 Å². The molecule has 0 aliphatic rings. The molecule has 1 aromatic rings. The van der Waals surface area contributed by atoms with Crippen LogP contribution in [-0.2, 0) is 6.42 Å². The Morgan fingerprint density at radius 2 is 2.18 bits per heavy atom. The van der Waals surface area contributed by atoms with Gasteiger partial charge in [-0.15, -0.1) is 0 Å². The van der Waals surface area contributed by atoms with Gasteiger partial charge in [-0.05, 0) is 20.3 Å². The lowest BCUT2D eigenvalue weighted by Crippen LogP contribution is -2.32. The number of nitrogens with two attached hydrogens (primary N) is 1. The fourth-order valence-corrected chi connectivity index (χ4v) is 1.62. The van der Waals surface area contributed by atoms with Crippen molar-refractivity contribution >= 4 is 11.6 Å². The molecule has 0 aliphatic heterocycles. The second-order valence-electron chi connectivity index (χ2n) is 4.09. The maximum absolute atomic E-state index is 12.2. The van der Waals surface area contributed by atoms with Crippen LogP contribution in [0.1, 0.15) is 37.0 Å². The summed E-state index contributed by atoms with van der Waals surface area (Å²) in [5, 5.41) is 6.78. The molecule has 0 unspecified atom stereocenters. The quantitative estimate of drug-likeness (QED) is 0.762. The average molecular weight is 236 g/mol. The number of H-pyrrole nitrogens is 1. The number of nitrogens with zero attached hydrogens (tertiary/aromatic N) is 2. The number of aromatic nitrogens is 2. The van der Waals surface area contributed by atoms with E-state index >= 15 is 0 Å². The Morgan fingerprint density at radius 3 is 2.59 bits per heavy atom. The van der Waals surface area contributed by atoms with Gasteiger partial charge in [0.1, 0.15) is 0 Å². The molecule has 0 spiro atoms. The summed E-state index contributed by atoms with van der Waals surface area (Å²) in [6.07, 6.45) is 0.735. The van der Waals surface area contributed by atoms with Gasteiger partial charge in [-0.25, -0.2) is 0 Å². The summed E-state index contributed by atoms with van der Waals surface area (Å²) < 4.78 is 0. The largest absolute Gasteiger partial charge is 0.395 e. The van der Waals surface area contributed by atoms with Crippen molar-refractivity contribution in [2.45, 2.75) is 27.2 Å². The number of nitrogens with one attached hydrogen (secondary N) is 1. The highest BCUT2D eigenvalue weighted by Crippen LogP contribution is 2.16. The van der Waals surface area contributed by atoms with Gasteiger partial charge in [-0.2, -0.15) is 5.10 Å². The number of nitrogen functional groups attached to an aromatic ring is 1. The first-order chi connectivity index (χ1) is 8.01. The first kappa shape index (κ1) is 13.3. The molecule has 1 heterocycles. The molecule has 0 bridgehead atoms. The number of aryl methyl sites for hydroxylation is 1. The van der Waals surface area contributed by atoms with E-state index in [-0.39, 0.29) is 5.91 Å². The fourth-order valence-electron chi connectivity index (χ4n) is 1.62. The van der Waals surface area contributed by atoms with Crippen LogP contribution in [0.25, 0.3) is 0 Å². The minimum Gasteiger partial charge on any atom is -0.395 e. The molecule has 1 amide bonds. The van der Waals surface area contributed by atoms with E-state index < -0.39 is 0 Å². The standard InChI is InChI=1S/C12H20N4O/c1-5-9-10(13)11(15-14-9)12(17)16(6-2)7-8(3)4/h3,5-7,13H2,1-2,4H3,(H,14,15). The van der Waals surface area contributed by atoms with Crippen LogP contribution in [-0.4, -0.2) is 34.1 Å². The van der Waals surface area contributed by atoms with Crippen LogP contribution in [0, 0.1) is 0 Å². The second-order valence-corrected chi connectivity index (χ2v) is 4.09. The van der Waals surface area contributed by atoms with Gasteiger partial charge in [0.2, 0.25) is 0 Å². The van der Waals surface area contributed by atoms with E-state index in [0.717, 1.165) is 17.7 Å². The maximum atomic E-state index is 12.2. The number of rotatable bonds is 5. The predicted molar refractivity (Wildman–Crippen MR) is 68.8 cm³/mol. The van der Waals surface area contributed by atoms with E-state index in [1.54, 1.807) is 4.90 Å². The number of hydrogen-bond donors (Lipinski definition) is 2. The third kappa shape index (κ3) is 2.87. The van der Waals surface area contributed by atoms with Gasteiger partial charge >= 0.3 is 0 Å². The van der Waals surface area contributed by atoms with Crippen LogP contribution >= 0.6 is 0 Å². The van der Waals surface area contributed by atoms with Crippen LogP contribution in [0.5, 0.6) is 0 Å². The number of anilines is 1. The summed E-state index contributed by atoms with van der Waals surface area (Å²) in [5.41, 5.74) is 8.38. The number of amides is 1. The zero-order chi connectivity index (χ0) is 13.0. The lowest BCUT2D eigenvalue weighted by atomic mass is 10.2. The monoisotopic (exact) mass is 236 g/mol. The summed E-state index contributed by atoms with van der Waals surface area (Å²) in [4.78, 5) is 13.9. The molecule has 0 aromatic carbocycles. The Balaban J connectivity index is 2.93. The second kappa shape index (κ2) is 5.52. The number of hydrogen-bond acceptors (Lipinski definition) is 3. The number of carbonyl (C=O) groups is 1. The molecule has 0 aliphatic carbocycles. The van der Waals surface area contributed by atoms with Crippen molar-refractivity contribution in [3.05, 3.63) is 23.5 Å². The molecule has 0 atom stereocenters. The highest BCUT2D eigenvalue weighted by molar-refractivity contribution is 5.97. The Bertz CT molecular complexity index is 422. The van der Waals surface area contributed by atoms with Crippen molar-refractivity contribution in [2.24, 2.45) is 0 Å². The molecule has 0 saturated carbocycles. The lowest BCUT2D eigenvalue weighted by molar-refractivity contribution is 0.0773. The first-order valence-electron chi connectivity index (χ1n) is 5.77. The van der Waals surface area contributed by atoms with E-state index in [4.69, 9.17) is 5.73 Å². The number of aromatic amines is 1. The van der Waals surface area contributed by atoms with E-state index in [9.17, 15) is 4.79 Å². The number of carbonyl (C=O) groups excluding carboxylic acids is 1. The first-order valence-corrected chi connectivity index (χ1v) is 5.77. The SMILES string of the molecule is C=C(C)CN(CC)C(=O)c1n[nH]c(CC)c1N. The van der Waals surface area contributed by atoms with Gasteiger partial charge in [0.05, 0.1) is 11.4 Å². The predicted octanol–water partition coefficient (Wildman–Crippen LogP) is 1.59. The third-order valence-corrected chi connectivity index (χ3v) is 2.57.